The average molecular weight is 366 g/mol. The molecule has 128 valence electrons. The molecule has 1 fully saturated rings. The number of nitrogens with one attached hydrogen (secondary N) is 2. The molecule has 24 heavy (non-hydrogen) atoms. The summed E-state index contributed by atoms with van der Waals surface area (Å²) in [7, 11) is -3.54. The van der Waals surface area contributed by atoms with Crippen LogP contribution in [0.15, 0.2) is 29.8 Å². The summed E-state index contributed by atoms with van der Waals surface area (Å²) in [6.07, 6.45) is 3.31. The summed E-state index contributed by atoms with van der Waals surface area (Å²) in [5, 5.41) is 7.94. The number of nitrogens with zero attached hydrogens (tertiary/aromatic N) is 2. The van der Waals surface area contributed by atoms with E-state index in [1.807, 2.05) is 18.2 Å². The Morgan fingerprint density at radius 1 is 1.29 bits per heavy atom. The summed E-state index contributed by atoms with van der Waals surface area (Å²) in [6, 6.07) is 5.49. The number of anilines is 1. The normalized spacial score (nSPS) is 17.4. The Balaban J connectivity index is 1.83. The summed E-state index contributed by atoms with van der Waals surface area (Å²) in [5.74, 6) is -0.506. The van der Waals surface area contributed by atoms with Crippen LogP contribution in [0.25, 0.3) is 11.4 Å². The van der Waals surface area contributed by atoms with Crippen molar-refractivity contribution in [3.63, 3.8) is 0 Å². The summed E-state index contributed by atoms with van der Waals surface area (Å²) in [5.41, 5.74) is 1.35. The van der Waals surface area contributed by atoms with Gasteiger partial charge in [0.25, 0.3) is 0 Å². The van der Waals surface area contributed by atoms with Crippen LogP contribution < -0.4 is 10.6 Å². The number of sulfone groups is 1. The zero-order chi connectivity index (χ0) is 17.2. The van der Waals surface area contributed by atoms with Gasteiger partial charge < -0.3 is 10.6 Å². The molecule has 1 saturated heterocycles. The zero-order valence-electron chi connectivity index (χ0n) is 13.2. The van der Waals surface area contributed by atoms with E-state index in [1.54, 1.807) is 11.6 Å². The fraction of sp³-hybridized carbons (Fsp3) is 0.400. The van der Waals surface area contributed by atoms with Crippen LogP contribution in [0.4, 0.5) is 5.13 Å². The number of amides is 1. The Morgan fingerprint density at radius 2 is 2.04 bits per heavy atom. The highest BCUT2D eigenvalue weighted by Gasteiger charge is 2.48. The zero-order valence-corrected chi connectivity index (χ0v) is 14.8. The van der Waals surface area contributed by atoms with Gasteiger partial charge in [-0.25, -0.2) is 13.4 Å². The van der Waals surface area contributed by atoms with Crippen LogP contribution in [-0.4, -0.2) is 48.4 Å². The van der Waals surface area contributed by atoms with Gasteiger partial charge in [-0.1, -0.05) is 6.07 Å². The van der Waals surface area contributed by atoms with Gasteiger partial charge in [0, 0.05) is 17.8 Å². The molecule has 1 aliphatic heterocycles. The molecule has 0 bridgehead atoms. The number of thiazole rings is 1. The van der Waals surface area contributed by atoms with Crippen LogP contribution >= 0.6 is 11.3 Å². The minimum absolute atomic E-state index is 0.260. The minimum Gasteiger partial charge on any atom is -0.317 e. The van der Waals surface area contributed by atoms with Crippen LogP contribution in [-0.2, 0) is 14.6 Å². The van der Waals surface area contributed by atoms with E-state index in [4.69, 9.17) is 0 Å². The summed E-state index contributed by atoms with van der Waals surface area (Å²) in [4.78, 5) is 21.3. The van der Waals surface area contributed by atoms with Crippen molar-refractivity contribution in [3.05, 3.63) is 29.8 Å². The third-order valence-electron chi connectivity index (χ3n) is 4.19. The third-order valence-corrected chi connectivity index (χ3v) is 6.96. The largest absolute Gasteiger partial charge is 0.317 e. The van der Waals surface area contributed by atoms with Crippen molar-refractivity contribution in [2.45, 2.75) is 17.6 Å². The quantitative estimate of drug-likeness (QED) is 0.846. The van der Waals surface area contributed by atoms with Gasteiger partial charge in [-0.15, -0.1) is 11.3 Å². The molecule has 0 aliphatic carbocycles. The molecule has 0 aromatic carbocycles. The molecule has 2 aromatic rings. The predicted molar refractivity (Wildman–Crippen MR) is 93.7 cm³/mol. The minimum atomic E-state index is -3.54. The van der Waals surface area contributed by atoms with Gasteiger partial charge in [0.15, 0.2) is 19.7 Å². The Morgan fingerprint density at radius 3 is 2.67 bits per heavy atom. The maximum Gasteiger partial charge on any atom is 0.247 e. The summed E-state index contributed by atoms with van der Waals surface area (Å²) < 4.78 is 23.1. The van der Waals surface area contributed by atoms with Crippen molar-refractivity contribution < 1.29 is 13.2 Å². The van der Waals surface area contributed by atoms with Crippen molar-refractivity contribution in [3.8, 4) is 11.4 Å². The van der Waals surface area contributed by atoms with Gasteiger partial charge in [-0.05, 0) is 38.1 Å². The maximum absolute atomic E-state index is 12.7. The molecule has 1 aliphatic rings. The highest BCUT2D eigenvalue weighted by atomic mass is 32.2. The maximum atomic E-state index is 12.7. The van der Waals surface area contributed by atoms with Gasteiger partial charge in [0.05, 0.1) is 5.69 Å². The number of hydrogen-bond donors (Lipinski definition) is 2. The molecule has 1 amide bonds. The smallest absolute Gasteiger partial charge is 0.247 e. The van der Waals surface area contributed by atoms with Gasteiger partial charge in [-0.3, -0.25) is 9.78 Å². The lowest BCUT2D eigenvalue weighted by molar-refractivity contribution is -0.119. The molecule has 3 heterocycles. The van der Waals surface area contributed by atoms with E-state index in [0.717, 1.165) is 6.26 Å². The number of carbonyl (C=O) groups excluding carboxylic acids is 1. The van der Waals surface area contributed by atoms with Gasteiger partial charge >= 0.3 is 0 Å². The third kappa shape index (κ3) is 3.19. The number of rotatable bonds is 4. The fourth-order valence-electron chi connectivity index (χ4n) is 2.77. The lowest BCUT2D eigenvalue weighted by Crippen LogP contribution is -2.55. The first-order valence-electron chi connectivity index (χ1n) is 7.51. The molecular formula is C15H18N4O3S2. The van der Waals surface area contributed by atoms with Crippen molar-refractivity contribution in [1.29, 1.82) is 0 Å². The molecule has 3 rings (SSSR count). The Bertz CT molecular complexity index is 827. The molecule has 0 unspecified atom stereocenters. The second kappa shape index (κ2) is 6.58. The first kappa shape index (κ1) is 17.0. The number of aromatic nitrogens is 2. The number of piperidine rings is 1. The molecular weight excluding hydrogens is 348 g/mol. The first-order valence-corrected chi connectivity index (χ1v) is 10.3. The molecule has 2 aromatic heterocycles. The first-order chi connectivity index (χ1) is 11.4. The van der Waals surface area contributed by atoms with Crippen molar-refractivity contribution in [1.82, 2.24) is 15.3 Å². The number of carbonyl (C=O) groups is 1. The summed E-state index contributed by atoms with van der Waals surface area (Å²) in [6.45, 7) is 0.995. The van der Waals surface area contributed by atoms with Crippen LogP contribution in [0, 0.1) is 0 Å². The highest BCUT2D eigenvalue weighted by Crippen LogP contribution is 2.31. The van der Waals surface area contributed by atoms with E-state index >= 15 is 0 Å². The topological polar surface area (TPSA) is 101 Å². The monoisotopic (exact) mass is 366 g/mol. The van der Waals surface area contributed by atoms with E-state index in [0.29, 0.717) is 29.6 Å². The Hall–Kier alpha value is -1.84. The van der Waals surface area contributed by atoms with Crippen LogP contribution in [0.5, 0.6) is 0 Å². The van der Waals surface area contributed by atoms with Crippen molar-refractivity contribution in [2.24, 2.45) is 0 Å². The standard InChI is InChI=1S/C15H18N4O3S2/c1-24(21,22)15(5-8-16-9-6-15)13(20)19-14-18-12(10-23-14)11-4-2-3-7-17-11/h2-4,7,10,16H,5-6,8-9H2,1H3,(H,18,19,20). The second-order valence-electron chi connectivity index (χ2n) is 5.72. The fourth-order valence-corrected chi connectivity index (χ4v) is 4.80. The van der Waals surface area contributed by atoms with Crippen molar-refractivity contribution in [2.75, 3.05) is 24.7 Å². The van der Waals surface area contributed by atoms with Crippen molar-refractivity contribution >= 4 is 32.2 Å². The van der Waals surface area contributed by atoms with E-state index in [-0.39, 0.29) is 12.8 Å². The molecule has 0 saturated carbocycles. The van der Waals surface area contributed by atoms with E-state index in [9.17, 15) is 13.2 Å². The molecule has 2 N–H and O–H groups in total. The van der Waals surface area contributed by atoms with Crippen LogP contribution in [0.3, 0.4) is 0 Å². The Kier molecular flexibility index (Phi) is 4.66. The number of hydrogen-bond acceptors (Lipinski definition) is 7. The van der Waals surface area contributed by atoms with Gasteiger partial charge in [-0.2, -0.15) is 0 Å². The average Bonchev–Trinajstić information content (AvgIpc) is 3.04. The van der Waals surface area contributed by atoms with Crippen LogP contribution in [0.2, 0.25) is 0 Å². The lowest BCUT2D eigenvalue weighted by Gasteiger charge is -2.33. The molecule has 0 atom stereocenters. The molecule has 0 spiro atoms. The van der Waals surface area contributed by atoms with E-state index in [2.05, 4.69) is 20.6 Å². The lowest BCUT2D eigenvalue weighted by atomic mass is 9.96. The summed E-state index contributed by atoms with van der Waals surface area (Å²) >= 11 is 1.25. The van der Waals surface area contributed by atoms with Gasteiger partial charge in [0.1, 0.15) is 5.69 Å². The Labute approximate surface area is 144 Å². The van der Waals surface area contributed by atoms with E-state index < -0.39 is 20.5 Å². The molecule has 0 radical (unpaired) electrons. The SMILES string of the molecule is CS(=O)(=O)C1(C(=O)Nc2nc(-c3ccccn3)cs2)CCNCC1. The highest BCUT2D eigenvalue weighted by molar-refractivity contribution is 7.92. The van der Waals surface area contributed by atoms with E-state index in [1.165, 1.54) is 11.3 Å². The predicted octanol–water partition coefficient (Wildman–Crippen LogP) is 1.31. The van der Waals surface area contributed by atoms with Crippen LogP contribution in [0.1, 0.15) is 12.8 Å². The number of pyridine rings is 1. The van der Waals surface area contributed by atoms with Gasteiger partial charge in [0.2, 0.25) is 5.91 Å². The molecule has 9 heteroatoms. The second-order valence-corrected chi connectivity index (χ2v) is 8.91. The molecule has 7 nitrogen and oxygen atoms in total.